The van der Waals surface area contributed by atoms with Crippen molar-refractivity contribution in [3.05, 3.63) is 34.9 Å². The second kappa shape index (κ2) is 5.54. The van der Waals surface area contributed by atoms with Crippen molar-refractivity contribution in [2.24, 2.45) is 11.7 Å². The van der Waals surface area contributed by atoms with Crippen molar-refractivity contribution in [3.63, 3.8) is 0 Å². The van der Waals surface area contributed by atoms with Crippen molar-refractivity contribution < 1.29 is 9.90 Å². The van der Waals surface area contributed by atoms with Gasteiger partial charge < -0.3 is 5.11 Å². The Kier molecular flexibility index (Phi) is 5.03. The molecule has 0 saturated heterocycles. The van der Waals surface area contributed by atoms with E-state index in [2.05, 4.69) is 11.7 Å². The molecule has 1 aromatic carbocycles. The van der Waals surface area contributed by atoms with Crippen LogP contribution in [0.25, 0.3) is 0 Å². The SMILES string of the molecule is NN.O=C(O)c1cccc(Cl)c1. The standard InChI is InChI=1S/C7H5ClO2.H4N2/c8-6-3-1-2-5(4-6)7(9)10;1-2/h1-4H,(H,9,10);1-2H2. The number of hydrazine groups is 1. The molecule has 5 N–H and O–H groups in total. The third-order valence-corrected chi connectivity index (χ3v) is 1.31. The molecule has 0 aromatic heterocycles. The number of rotatable bonds is 1. The number of hydrogen-bond acceptors (Lipinski definition) is 3. The zero-order chi connectivity index (χ0) is 9.56. The molecule has 0 radical (unpaired) electrons. The largest absolute Gasteiger partial charge is 0.478 e. The molecule has 0 aliphatic carbocycles. The Balaban J connectivity index is 0.000000561. The monoisotopic (exact) mass is 188 g/mol. The van der Waals surface area contributed by atoms with Crippen LogP contribution in [0.5, 0.6) is 0 Å². The summed E-state index contributed by atoms with van der Waals surface area (Å²) in [5, 5.41) is 8.89. The van der Waals surface area contributed by atoms with Gasteiger partial charge in [-0.2, -0.15) is 0 Å². The molecule has 0 spiro atoms. The summed E-state index contributed by atoms with van der Waals surface area (Å²) in [7, 11) is 0. The smallest absolute Gasteiger partial charge is 0.335 e. The number of hydrogen-bond donors (Lipinski definition) is 3. The van der Waals surface area contributed by atoms with Crippen LogP contribution in [0.4, 0.5) is 0 Å². The topological polar surface area (TPSA) is 89.3 Å². The van der Waals surface area contributed by atoms with Crippen molar-refractivity contribution >= 4 is 17.6 Å². The molecule has 0 fully saturated rings. The van der Waals surface area contributed by atoms with E-state index in [4.69, 9.17) is 16.7 Å². The molecule has 0 atom stereocenters. The van der Waals surface area contributed by atoms with E-state index in [9.17, 15) is 4.79 Å². The summed E-state index contributed by atoms with van der Waals surface area (Å²) in [5.41, 5.74) is 0.215. The molecule has 1 rings (SSSR count). The van der Waals surface area contributed by atoms with Crippen LogP contribution in [0, 0.1) is 0 Å². The Labute approximate surface area is 74.7 Å². The number of carbonyl (C=O) groups is 1. The van der Waals surface area contributed by atoms with Gasteiger partial charge in [0.25, 0.3) is 0 Å². The molecule has 12 heavy (non-hydrogen) atoms. The average Bonchev–Trinajstić information content (AvgIpc) is 2.08. The minimum atomic E-state index is -0.956. The fraction of sp³-hybridized carbons (Fsp3) is 0. The summed E-state index contributed by atoms with van der Waals surface area (Å²) in [4.78, 5) is 10.3. The normalized spacial score (nSPS) is 8.25. The summed E-state index contributed by atoms with van der Waals surface area (Å²) in [6, 6.07) is 6.14. The minimum absolute atomic E-state index is 0.215. The van der Waals surface area contributed by atoms with E-state index in [1.54, 1.807) is 12.1 Å². The lowest BCUT2D eigenvalue weighted by Gasteiger charge is -1.92. The van der Waals surface area contributed by atoms with E-state index < -0.39 is 5.97 Å². The highest BCUT2D eigenvalue weighted by Crippen LogP contribution is 2.09. The van der Waals surface area contributed by atoms with Gasteiger partial charge in [-0.15, -0.1) is 0 Å². The first-order valence-corrected chi connectivity index (χ1v) is 3.40. The van der Waals surface area contributed by atoms with Gasteiger partial charge in [-0.05, 0) is 18.2 Å². The van der Waals surface area contributed by atoms with Crippen molar-refractivity contribution in [2.75, 3.05) is 0 Å². The number of benzene rings is 1. The van der Waals surface area contributed by atoms with Gasteiger partial charge in [0.05, 0.1) is 5.56 Å². The fourth-order valence-corrected chi connectivity index (χ4v) is 0.812. The Morgan fingerprint density at radius 3 is 2.33 bits per heavy atom. The van der Waals surface area contributed by atoms with Gasteiger partial charge in [-0.1, -0.05) is 17.7 Å². The third-order valence-electron chi connectivity index (χ3n) is 1.07. The van der Waals surface area contributed by atoms with Crippen molar-refractivity contribution in [3.8, 4) is 0 Å². The van der Waals surface area contributed by atoms with E-state index >= 15 is 0 Å². The Bertz CT molecular complexity index is 265. The number of halogens is 1. The van der Waals surface area contributed by atoms with Gasteiger partial charge in [0.15, 0.2) is 0 Å². The molecular weight excluding hydrogens is 180 g/mol. The molecule has 0 heterocycles. The summed E-state index contributed by atoms with van der Waals surface area (Å²) in [5.74, 6) is 7.04. The predicted octanol–water partition coefficient (Wildman–Crippen LogP) is 0.857. The van der Waals surface area contributed by atoms with Gasteiger partial charge in [-0.3, -0.25) is 11.7 Å². The summed E-state index contributed by atoms with van der Waals surface area (Å²) in [6.07, 6.45) is 0. The number of carboxylic acid groups (broad SMARTS) is 1. The fourth-order valence-electron chi connectivity index (χ4n) is 0.622. The number of carboxylic acids is 1. The third kappa shape index (κ3) is 3.34. The lowest BCUT2D eigenvalue weighted by Crippen LogP contribution is -2.02. The molecule has 4 nitrogen and oxygen atoms in total. The summed E-state index contributed by atoms with van der Waals surface area (Å²) in [6.45, 7) is 0. The average molecular weight is 189 g/mol. The molecule has 0 saturated carbocycles. The maximum atomic E-state index is 10.3. The second-order valence-electron chi connectivity index (χ2n) is 1.82. The highest BCUT2D eigenvalue weighted by atomic mass is 35.5. The highest BCUT2D eigenvalue weighted by Gasteiger charge is 2.00. The molecule has 5 heteroatoms. The van der Waals surface area contributed by atoms with Crippen LogP contribution in [-0.4, -0.2) is 11.1 Å². The van der Waals surface area contributed by atoms with Crippen molar-refractivity contribution in [2.45, 2.75) is 0 Å². The molecule has 0 bridgehead atoms. The van der Waals surface area contributed by atoms with Gasteiger partial charge >= 0.3 is 5.97 Å². The van der Waals surface area contributed by atoms with Crippen LogP contribution in [0.1, 0.15) is 10.4 Å². The number of nitrogens with two attached hydrogens (primary N) is 2. The molecule has 66 valence electrons. The summed E-state index contributed by atoms with van der Waals surface area (Å²) < 4.78 is 0. The quantitative estimate of drug-likeness (QED) is 0.450. The van der Waals surface area contributed by atoms with E-state index in [1.165, 1.54) is 12.1 Å². The van der Waals surface area contributed by atoms with E-state index in [0.717, 1.165) is 0 Å². The Morgan fingerprint density at radius 2 is 2.00 bits per heavy atom. The van der Waals surface area contributed by atoms with Gasteiger partial charge in [0.2, 0.25) is 0 Å². The minimum Gasteiger partial charge on any atom is -0.478 e. The molecule has 0 amide bonds. The number of aromatic carboxylic acids is 1. The van der Waals surface area contributed by atoms with Crippen LogP contribution in [0.3, 0.4) is 0 Å². The van der Waals surface area contributed by atoms with Crippen LogP contribution in [0.15, 0.2) is 24.3 Å². The van der Waals surface area contributed by atoms with Crippen LogP contribution in [-0.2, 0) is 0 Å². The van der Waals surface area contributed by atoms with Crippen LogP contribution in [0.2, 0.25) is 5.02 Å². The molecule has 1 aromatic rings. The van der Waals surface area contributed by atoms with Crippen molar-refractivity contribution in [1.29, 1.82) is 0 Å². The molecule has 0 aliphatic heterocycles. The van der Waals surface area contributed by atoms with E-state index in [-0.39, 0.29) is 5.56 Å². The first kappa shape index (κ1) is 10.9. The Hall–Kier alpha value is -1.10. The zero-order valence-electron chi connectivity index (χ0n) is 6.20. The Morgan fingerprint density at radius 1 is 1.42 bits per heavy atom. The first-order chi connectivity index (χ1) is 5.70. The lowest BCUT2D eigenvalue weighted by molar-refractivity contribution is 0.0697. The van der Waals surface area contributed by atoms with E-state index in [0.29, 0.717) is 5.02 Å². The molecule has 0 unspecified atom stereocenters. The van der Waals surface area contributed by atoms with Gasteiger partial charge in [0.1, 0.15) is 0 Å². The second-order valence-corrected chi connectivity index (χ2v) is 2.25. The van der Waals surface area contributed by atoms with Crippen molar-refractivity contribution in [1.82, 2.24) is 0 Å². The molecule has 0 aliphatic rings. The highest BCUT2D eigenvalue weighted by molar-refractivity contribution is 6.30. The molecular formula is C7H9ClN2O2. The van der Waals surface area contributed by atoms with E-state index in [1.807, 2.05) is 0 Å². The maximum Gasteiger partial charge on any atom is 0.335 e. The first-order valence-electron chi connectivity index (χ1n) is 3.02. The predicted molar refractivity (Wildman–Crippen MR) is 46.8 cm³/mol. The lowest BCUT2D eigenvalue weighted by atomic mass is 10.2. The van der Waals surface area contributed by atoms with Gasteiger partial charge in [0, 0.05) is 5.02 Å². The maximum absolute atomic E-state index is 10.3. The summed E-state index contributed by atoms with van der Waals surface area (Å²) >= 11 is 5.53. The van der Waals surface area contributed by atoms with Gasteiger partial charge in [-0.25, -0.2) is 4.79 Å². The zero-order valence-corrected chi connectivity index (χ0v) is 6.95. The van der Waals surface area contributed by atoms with Crippen LogP contribution < -0.4 is 11.7 Å². The van der Waals surface area contributed by atoms with Crippen LogP contribution >= 0.6 is 11.6 Å².